The van der Waals surface area contributed by atoms with E-state index in [0.717, 1.165) is 17.2 Å². The average Bonchev–Trinajstić information content (AvgIpc) is 1.37. The predicted molar refractivity (Wildman–Crippen MR) is 287 cm³/mol. The van der Waals surface area contributed by atoms with E-state index in [2.05, 4.69) is 12.1 Å². The minimum Gasteiger partial charge on any atom is -0.493 e. The van der Waals surface area contributed by atoms with Gasteiger partial charge >= 0.3 is 0 Å². The molecule has 0 fully saturated rings. The van der Waals surface area contributed by atoms with Gasteiger partial charge in [0, 0.05) is 66.4 Å². The Hall–Kier alpha value is -7.92. The summed E-state index contributed by atoms with van der Waals surface area (Å²) in [5.41, 5.74) is -1.66. The van der Waals surface area contributed by atoms with Crippen LogP contribution in [0.1, 0.15) is 66.3 Å². The molecule has 11 aromatic rings. The Morgan fingerprint density at radius 1 is 0.569 bits per heavy atom. The number of benzene rings is 9. The van der Waals surface area contributed by atoms with E-state index in [1.807, 2.05) is 50.2 Å². The summed E-state index contributed by atoms with van der Waals surface area (Å²) in [5.74, 6) is -3.67. The molecule has 4 nitrogen and oxygen atoms in total. The Labute approximate surface area is 459 Å². The topological polar surface area (TPSA) is 24.3 Å². The maximum atomic E-state index is 17.9. The van der Waals surface area contributed by atoms with Gasteiger partial charge in [0.25, 0.3) is 5.92 Å². The summed E-state index contributed by atoms with van der Waals surface area (Å²) in [4.78, 5) is 7.57. The number of fused-ring (bicyclic) bond motifs is 4. The third-order valence-electron chi connectivity index (χ3n) is 12.8. The molecule has 3 heterocycles. The van der Waals surface area contributed by atoms with E-state index in [-0.39, 0.29) is 106 Å². The Morgan fingerprint density at radius 2 is 1.18 bits per heavy atom. The molecule has 2 aromatic heterocycles. The number of aromatic nitrogens is 2. The van der Waals surface area contributed by atoms with Gasteiger partial charge in [-0.25, -0.2) is 13.8 Å². The Balaban J connectivity index is 0.00000833. The number of nitrogens with zero attached hydrogens (tertiary/aromatic N) is 4. The van der Waals surface area contributed by atoms with E-state index in [1.165, 1.54) is 57.4 Å². The first-order valence-electron chi connectivity index (χ1n) is 31.4. The fourth-order valence-corrected chi connectivity index (χ4v) is 9.18. The number of pyridine rings is 1. The molecule has 0 saturated heterocycles. The van der Waals surface area contributed by atoms with Crippen molar-refractivity contribution in [1.29, 1.82) is 0 Å². The van der Waals surface area contributed by atoms with Crippen molar-refractivity contribution in [3.63, 3.8) is 0 Å². The number of alkyl halides is 2. The molecule has 0 N–H and O–H groups in total. The SMILES string of the molecule is [2H]c1c([2H])c([2H])c(-c2cc(-c3c([2H])c([2H])c([2H])c([2H])c3[2H])c(N3[CH-]N(c4[c-]c(C(F)(F)c5[c-]c6c(cc5)c5c([2H])c(C)c([2H])c([2H])c5n6-c5cc(C(C)(C)c6ccccc6)ccn5)ccc4)c4ccccc43)c(-c3c([2H])c([2H])c([2H])c([2H])c3[2H])c2)c([2H])c1[2H].[Pt]. The van der Waals surface area contributed by atoms with Crippen molar-refractivity contribution in [2.24, 2.45) is 0 Å². The second-order valence-electron chi connectivity index (χ2n) is 17.4. The van der Waals surface area contributed by atoms with Crippen LogP contribution in [0, 0.1) is 25.7 Å². The van der Waals surface area contributed by atoms with Gasteiger partial charge in [-0.3, -0.25) is 0 Å². The molecule has 9 aromatic carbocycles. The zero-order valence-corrected chi connectivity index (χ0v) is 40.7. The Bertz CT molecular complexity index is 4690. The molecule has 0 amide bonds. The van der Waals surface area contributed by atoms with Gasteiger partial charge in [0.15, 0.2) is 0 Å². The molecule has 0 unspecified atom stereocenters. The minimum atomic E-state index is -3.90. The first-order valence-corrected chi connectivity index (χ1v) is 22.4. The van der Waals surface area contributed by atoms with Gasteiger partial charge in [0.1, 0.15) is 5.82 Å². The molecule has 0 saturated carbocycles. The van der Waals surface area contributed by atoms with Crippen LogP contribution >= 0.6 is 0 Å². The predicted octanol–water partition coefficient (Wildman–Crippen LogP) is 17.0. The first-order chi connectivity index (χ1) is 42.1. The van der Waals surface area contributed by atoms with Crippen molar-refractivity contribution in [1.82, 2.24) is 9.55 Å². The fraction of sp³-hybridized carbons (Fsp3) is 0.0769. The van der Waals surface area contributed by atoms with Crippen LogP contribution in [0.2, 0.25) is 0 Å². The quantitative estimate of drug-likeness (QED) is 0.128. The van der Waals surface area contributed by atoms with E-state index < -0.39 is 130 Å². The number of para-hydroxylation sites is 2. The number of rotatable bonds is 10. The van der Waals surface area contributed by atoms with Gasteiger partial charge in [-0.05, 0) is 88.1 Å². The van der Waals surface area contributed by atoms with Gasteiger partial charge in [0.05, 0.1) is 24.7 Å². The van der Waals surface area contributed by atoms with Gasteiger partial charge in [-0.2, -0.15) is 36.4 Å². The summed E-state index contributed by atoms with van der Waals surface area (Å²) in [6, 6.07) is 22.8. The smallest absolute Gasteiger partial charge is 0.254 e. The normalized spacial score (nSPS) is 16.1. The van der Waals surface area contributed by atoms with E-state index in [4.69, 9.17) is 21.4 Å². The first kappa shape index (κ1) is 30.1. The van der Waals surface area contributed by atoms with Crippen molar-refractivity contribution in [2.45, 2.75) is 32.1 Å². The van der Waals surface area contributed by atoms with Crippen molar-refractivity contribution in [2.75, 3.05) is 9.80 Å². The summed E-state index contributed by atoms with van der Waals surface area (Å²) in [6.07, 6.45) is 1.58. The van der Waals surface area contributed by atoms with Gasteiger partial charge in [0.2, 0.25) is 0 Å². The second kappa shape index (κ2) is 18.7. The summed E-state index contributed by atoms with van der Waals surface area (Å²) in [6.45, 7) is 7.00. The molecule has 1 aliphatic heterocycles. The van der Waals surface area contributed by atoms with Crippen LogP contribution < -0.4 is 9.80 Å². The van der Waals surface area contributed by atoms with Crippen molar-refractivity contribution >= 4 is 44.6 Å². The largest absolute Gasteiger partial charge is 0.493 e. The third-order valence-corrected chi connectivity index (χ3v) is 12.8. The van der Waals surface area contributed by atoms with Crippen LogP contribution in [0.15, 0.2) is 224 Å². The molecule has 1 aliphatic rings. The zero-order chi connectivity index (χ0) is 63.9. The molecule has 354 valence electrons. The molecular formula is C65H47F2N4Pt-3. The molecular weight excluding hydrogens is 1070 g/mol. The van der Waals surface area contributed by atoms with Crippen molar-refractivity contribution in [3.05, 3.63) is 271 Å². The summed E-state index contributed by atoms with van der Waals surface area (Å²) < 4.78 is 198. The Morgan fingerprint density at radius 3 is 1.85 bits per heavy atom. The van der Waals surface area contributed by atoms with Crippen LogP contribution in [0.3, 0.4) is 0 Å². The third kappa shape index (κ3) is 8.10. The Kier molecular flexibility index (Phi) is 7.80. The monoisotopic (exact) mass is 1130 g/mol. The van der Waals surface area contributed by atoms with E-state index in [1.54, 1.807) is 43.5 Å². The van der Waals surface area contributed by atoms with E-state index in [0.29, 0.717) is 5.39 Å². The van der Waals surface area contributed by atoms with Crippen molar-refractivity contribution < 1.29 is 54.5 Å². The van der Waals surface area contributed by atoms with Crippen LogP contribution in [-0.4, -0.2) is 9.55 Å². The number of hydrogen-bond acceptors (Lipinski definition) is 3. The molecule has 7 heteroatoms. The molecule has 0 aliphatic carbocycles. The number of anilines is 4. The summed E-state index contributed by atoms with van der Waals surface area (Å²) >= 11 is 0. The molecule has 0 bridgehead atoms. The van der Waals surface area contributed by atoms with Gasteiger partial charge < -0.3 is 14.4 Å². The fourth-order valence-electron chi connectivity index (χ4n) is 9.18. The van der Waals surface area contributed by atoms with Crippen LogP contribution in [0.4, 0.5) is 31.5 Å². The molecule has 12 rings (SSSR count). The van der Waals surface area contributed by atoms with Crippen molar-refractivity contribution in [3.8, 4) is 39.2 Å². The van der Waals surface area contributed by atoms with Gasteiger partial charge in [-0.1, -0.05) is 181 Å². The van der Waals surface area contributed by atoms with Gasteiger partial charge in [-0.15, -0.1) is 23.8 Å². The molecule has 72 heavy (non-hydrogen) atoms. The molecule has 0 radical (unpaired) electrons. The number of halogens is 2. The maximum absolute atomic E-state index is 17.9. The van der Waals surface area contributed by atoms with E-state index >= 15 is 8.78 Å². The van der Waals surface area contributed by atoms with Crippen LogP contribution in [0.25, 0.3) is 61.0 Å². The second-order valence-corrected chi connectivity index (χ2v) is 17.4. The summed E-state index contributed by atoms with van der Waals surface area (Å²) in [5, 5.41) is 0.553. The minimum absolute atomic E-state index is 0. The molecule has 0 atom stereocenters. The molecule has 0 spiro atoms. The maximum Gasteiger partial charge on any atom is 0.254 e. The standard InChI is InChI=1S/C65H47F2N4.Pt/c1-44-31-34-58-57(37-44)54-33-32-52(41-61(54)71(58)62-42-50(35-36-68-62)64(2,3)49-25-14-7-15-26-49)65(66,67)51-27-18-28-53(40-51)69-43-70(60-30-17-16-29-59(60)69)63-55(46-21-10-5-11-22-46)38-48(45-19-8-4-9-20-45)39-56(63)47-23-12-6-13-24-47;/h4-39,42-43H,1-3H3;/q-3;/i4D,5D,6D,8D,9D,10D,11D,12D,13D,19D,20D,21D,22D,23D,24D,31D,34D,37D;. The van der Waals surface area contributed by atoms with Crippen LogP contribution in [-0.2, 0) is 32.4 Å². The average molecular weight is 1140 g/mol. The van der Waals surface area contributed by atoms with E-state index in [9.17, 15) is 8.22 Å². The number of hydrogen-bond donors (Lipinski definition) is 0. The van der Waals surface area contributed by atoms with Crippen LogP contribution in [0.5, 0.6) is 0 Å². The zero-order valence-electron chi connectivity index (χ0n) is 56.4. The summed E-state index contributed by atoms with van der Waals surface area (Å²) in [7, 11) is 0.